The molecular formula is C25H21F2N3O3S. The molecule has 174 valence electrons. The van der Waals surface area contributed by atoms with Gasteiger partial charge in [0.2, 0.25) is 5.91 Å². The highest BCUT2D eigenvalue weighted by molar-refractivity contribution is 8.00. The molecule has 0 atom stereocenters. The number of carbonyl (C=O) groups is 1. The van der Waals surface area contributed by atoms with Gasteiger partial charge in [0, 0.05) is 16.8 Å². The lowest BCUT2D eigenvalue weighted by Crippen LogP contribution is -2.14. The first-order chi connectivity index (χ1) is 16.5. The van der Waals surface area contributed by atoms with Crippen molar-refractivity contribution in [2.75, 3.05) is 25.3 Å². The molecule has 1 amide bonds. The van der Waals surface area contributed by atoms with E-state index >= 15 is 0 Å². The van der Waals surface area contributed by atoms with Gasteiger partial charge < -0.3 is 19.8 Å². The Kier molecular flexibility index (Phi) is 7.12. The molecule has 6 nitrogen and oxygen atoms in total. The van der Waals surface area contributed by atoms with Gasteiger partial charge in [-0.2, -0.15) is 0 Å². The van der Waals surface area contributed by atoms with Crippen LogP contribution in [0.1, 0.15) is 0 Å². The maximum atomic E-state index is 13.5. The van der Waals surface area contributed by atoms with Gasteiger partial charge in [0.05, 0.1) is 25.7 Å². The van der Waals surface area contributed by atoms with Crippen molar-refractivity contribution >= 4 is 23.4 Å². The number of halogens is 2. The standard InChI is InChI=1S/C25H21F2N3O3S/c1-32-20-12-5-16(13-21(20)33-2)24-29-23(15-3-6-17(26)7-4-15)25(30-24)34-14-22(31)28-19-10-8-18(27)9-11-19/h3-13H,14H2,1-2H3,(H,28,31)(H,29,30). The molecule has 0 saturated carbocycles. The van der Waals surface area contributed by atoms with Gasteiger partial charge in [-0.1, -0.05) is 11.8 Å². The van der Waals surface area contributed by atoms with Gasteiger partial charge in [-0.3, -0.25) is 4.79 Å². The predicted octanol–water partition coefficient (Wildman–Crippen LogP) is 5.77. The lowest BCUT2D eigenvalue weighted by atomic mass is 10.1. The number of ether oxygens (including phenoxy) is 2. The maximum Gasteiger partial charge on any atom is 0.234 e. The van der Waals surface area contributed by atoms with Gasteiger partial charge in [0.15, 0.2) is 11.5 Å². The molecule has 4 aromatic rings. The monoisotopic (exact) mass is 481 g/mol. The molecule has 4 rings (SSSR count). The predicted molar refractivity (Wildman–Crippen MR) is 128 cm³/mol. The summed E-state index contributed by atoms with van der Waals surface area (Å²) in [4.78, 5) is 20.4. The quantitative estimate of drug-likeness (QED) is 0.313. The van der Waals surface area contributed by atoms with Crippen molar-refractivity contribution in [3.05, 3.63) is 78.4 Å². The molecule has 0 bridgehead atoms. The highest BCUT2D eigenvalue weighted by Crippen LogP contribution is 2.36. The number of thioether (sulfide) groups is 1. The van der Waals surface area contributed by atoms with Crippen LogP contribution >= 0.6 is 11.8 Å². The molecule has 0 spiro atoms. The molecule has 0 fully saturated rings. The Morgan fingerprint density at radius 2 is 1.53 bits per heavy atom. The zero-order chi connectivity index (χ0) is 24.1. The first-order valence-corrected chi connectivity index (χ1v) is 11.2. The number of benzene rings is 3. The molecule has 0 saturated heterocycles. The summed E-state index contributed by atoms with van der Waals surface area (Å²) < 4.78 is 37.3. The van der Waals surface area contributed by atoms with Gasteiger partial charge in [-0.05, 0) is 66.7 Å². The summed E-state index contributed by atoms with van der Waals surface area (Å²) in [7, 11) is 3.11. The van der Waals surface area contributed by atoms with Gasteiger partial charge in [-0.25, -0.2) is 13.8 Å². The normalized spacial score (nSPS) is 10.7. The van der Waals surface area contributed by atoms with Gasteiger partial charge in [0.25, 0.3) is 0 Å². The zero-order valence-corrected chi connectivity index (χ0v) is 19.2. The Morgan fingerprint density at radius 1 is 0.912 bits per heavy atom. The SMILES string of the molecule is COc1ccc(-c2nc(SCC(=O)Nc3ccc(F)cc3)c(-c3ccc(F)cc3)[nH]2)cc1OC. The van der Waals surface area contributed by atoms with Crippen molar-refractivity contribution in [2.24, 2.45) is 0 Å². The molecule has 2 N–H and O–H groups in total. The number of imidazole rings is 1. The van der Waals surface area contributed by atoms with E-state index in [1.54, 1.807) is 38.5 Å². The number of methoxy groups -OCH3 is 2. The van der Waals surface area contributed by atoms with Crippen LogP contribution in [0.3, 0.4) is 0 Å². The van der Waals surface area contributed by atoms with Crippen molar-refractivity contribution in [1.82, 2.24) is 9.97 Å². The number of aromatic nitrogens is 2. The maximum absolute atomic E-state index is 13.5. The third-order valence-corrected chi connectivity index (χ3v) is 5.90. The van der Waals surface area contributed by atoms with E-state index in [9.17, 15) is 13.6 Å². The van der Waals surface area contributed by atoms with Crippen LogP contribution < -0.4 is 14.8 Å². The van der Waals surface area contributed by atoms with Gasteiger partial charge in [0.1, 0.15) is 22.5 Å². The molecule has 0 unspecified atom stereocenters. The number of nitrogens with zero attached hydrogens (tertiary/aromatic N) is 1. The molecule has 34 heavy (non-hydrogen) atoms. The summed E-state index contributed by atoms with van der Waals surface area (Å²) in [6.45, 7) is 0. The molecule has 1 heterocycles. The Bertz CT molecular complexity index is 1290. The average molecular weight is 482 g/mol. The van der Waals surface area contributed by atoms with Crippen molar-refractivity contribution in [1.29, 1.82) is 0 Å². The van der Waals surface area contributed by atoms with Crippen LogP contribution in [0.25, 0.3) is 22.6 Å². The lowest BCUT2D eigenvalue weighted by molar-refractivity contribution is -0.113. The zero-order valence-electron chi connectivity index (χ0n) is 18.4. The number of anilines is 1. The van der Waals surface area contributed by atoms with E-state index < -0.39 is 0 Å². The van der Waals surface area contributed by atoms with Crippen molar-refractivity contribution in [3.8, 4) is 34.1 Å². The van der Waals surface area contributed by atoms with E-state index in [4.69, 9.17) is 9.47 Å². The number of rotatable bonds is 8. The Morgan fingerprint density at radius 3 is 2.18 bits per heavy atom. The van der Waals surface area contributed by atoms with Gasteiger partial charge >= 0.3 is 0 Å². The molecule has 1 aromatic heterocycles. The largest absolute Gasteiger partial charge is 0.493 e. The summed E-state index contributed by atoms with van der Waals surface area (Å²) in [6, 6.07) is 17.0. The number of nitrogens with one attached hydrogen (secondary N) is 2. The fourth-order valence-electron chi connectivity index (χ4n) is 3.26. The lowest BCUT2D eigenvalue weighted by Gasteiger charge is -2.08. The number of H-pyrrole nitrogens is 1. The van der Waals surface area contributed by atoms with E-state index in [2.05, 4.69) is 15.3 Å². The van der Waals surface area contributed by atoms with Gasteiger partial charge in [-0.15, -0.1) is 0 Å². The Hall–Kier alpha value is -3.85. The third-order valence-electron chi connectivity index (χ3n) is 4.93. The second kappa shape index (κ2) is 10.4. The van der Waals surface area contributed by atoms with Crippen LogP contribution in [0.5, 0.6) is 11.5 Å². The van der Waals surface area contributed by atoms with E-state index in [1.807, 2.05) is 6.07 Å². The van der Waals surface area contributed by atoms with Crippen LogP contribution in [0.15, 0.2) is 71.8 Å². The first-order valence-electron chi connectivity index (χ1n) is 10.2. The number of amides is 1. The number of aromatic amines is 1. The summed E-state index contributed by atoms with van der Waals surface area (Å²) >= 11 is 1.23. The van der Waals surface area contributed by atoms with Crippen LogP contribution in [-0.4, -0.2) is 35.8 Å². The molecule has 3 aromatic carbocycles. The second-order valence-corrected chi connectivity index (χ2v) is 8.15. The average Bonchev–Trinajstić information content (AvgIpc) is 3.28. The Balaban J connectivity index is 1.61. The third kappa shape index (κ3) is 5.37. The molecule has 0 aliphatic rings. The smallest absolute Gasteiger partial charge is 0.234 e. The van der Waals surface area contributed by atoms with E-state index in [0.29, 0.717) is 33.7 Å². The van der Waals surface area contributed by atoms with Crippen LogP contribution in [0, 0.1) is 11.6 Å². The van der Waals surface area contributed by atoms with Crippen molar-refractivity contribution in [2.45, 2.75) is 5.03 Å². The highest BCUT2D eigenvalue weighted by atomic mass is 32.2. The minimum absolute atomic E-state index is 0.0712. The summed E-state index contributed by atoms with van der Waals surface area (Å²) in [6.07, 6.45) is 0. The second-order valence-electron chi connectivity index (χ2n) is 7.19. The molecule has 0 aliphatic carbocycles. The van der Waals surface area contributed by atoms with E-state index in [0.717, 1.165) is 11.1 Å². The number of carbonyl (C=O) groups excluding carboxylic acids is 1. The summed E-state index contributed by atoms with van der Waals surface area (Å²) in [5, 5.41) is 3.30. The minimum Gasteiger partial charge on any atom is -0.493 e. The fraction of sp³-hybridized carbons (Fsp3) is 0.120. The molecule has 0 radical (unpaired) electrons. The summed E-state index contributed by atoms with van der Waals surface area (Å²) in [5.74, 6) is 0.768. The van der Waals surface area contributed by atoms with Crippen LogP contribution in [0.2, 0.25) is 0 Å². The first kappa shape index (κ1) is 23.3. The van der Waals surface area contributed by atoms with Crippen LogP contribution in [0.4, 0.5) is 14.5 Å². The van der Waals surface area contributed by atoms with Crippen molar-refractivity contribution < 1.29 is 23.0 Å². The summed E-state index contributed by atoms with van der Waals surface area (Å²) in [5.41, 5.74) is 2.63. The molecule has 0 aliphatic heterocycles. The fourth-order valence-corrected chi connectivity index (χ4v) is 4.07. The highest BCUT2D eigenvalue weighted by Gasteiger charge is 2.17. The number of hydrogen-bond acceptors (Lipinski definition) is 5. The molecular weight excluding hydrogens is 460 g/mol. The van der Waals surface area contributed by atoms with E-state index in [-0.39, 0.29) is 23.3 Å². The molecule has 9 heteroatoms. The number of hydrogen-bond donors (Lipinski definition) is 2. The van der Waals surface area contributed by atoms with Crippen LogP contribution in [-0.2, 0) is 4.79 Å². The van der Waals surface area contributed by atoms with Crippen molar-refractivity contribution in [3.63, 3.8) is 0 Å². The minimum atomic E-state index is -0.379. The topological polar surface area (TPSA) is 76.2 Å². The van der Waals surface area contributed by atoms with E-state index in [1.165, 1.54) is 48.2 Å². The Labute approximate surface area is 199 Å².